The summed E-state index contributed by atoms with van der Waals surface area (Å²) in [6.45, 7) is 0. The summed E-state index contributed by atoms with van der Waals surface area (Å²) in [5.41, 5.74) is -0.101. The zero-order valence-corrected chi connectivity index (χ0v) is 13.6. The van der Waals surface area contributed by atoms with Crippen LogP contribution in [-0.2, 0) is 9.53 Å². The van der Waals surface area contributed by atoms with Gasteiger partial charge < -0.3 is 9.84 Å². The van der Waals surface area contributed by atoms with Crippen LogP contribution in [0.15, 0.2) is 47.0 Å². The molecule has 0 amide bonds. The number of carbonyl (C=O) groups excluding carboxylic acids is 1. The standard InChI is InChI=1S/C15H11Cl3O4/c1-22-13-11(14(20)21)10(17)6-7-15(13,18)12(19)8-4-2-3-5-9(8)16/h2-7,13H,1H3,(H,20,21). The molecule has 2 atom stereocenters. The van der Waals surface area contributed by atoms with E-state index in [2.05, 4.69) is 0 Å². The van der Waals surface area contributed by atoms with Gasteiger partial charge in [-0.15, -0.1) is 11.6 Å². The zero-order valence-electron chi connectivity index (χ0n) is 11.3. The molecule has 0 heterocycles. The van der Waals surface area contributed by atoms with Gasteiger partial charge in [0.15, 0.2) is 10.7 Å². The van der Waals surface area contributed by atoms with Gasteiger partial charge in [0.25, 0.3) is 0 Å². The molecule has 0 aliphatic heterocycles. The van der Waals surface area contributed by atoms with Crippen molar-refractivity contribution in [3.8, 4) is 0 Å². The smallest absolute Gasteiger partial charge is 0.335 e. The van der Waals surface area contributed by atoms with E-state index in [0.717, 1.165) is 0 Å². The lowest BCUT2D eigenvalue weighted by Crippen LogP contribution is -2.48. The normalized spacial score (nSPS) is 24.5. The van der Waals surface area contributed by atoms with Crippen molar-refractivity contribution in [2.24, 2.45) is 0 Å². The summed E-state index contributed by atoms with van der Waals surface area (Å²) in [4.78, 5) is 22.4. The molecule has 2 rings (SSSR count). The van der Waals surface area contributed by atoms with Crippen LogP contribution in [0.2, 0.25) is 5.02 Å². The molecule has 0 spiro atoms. The zero-order chi connectivity index (χ0) is 16.5. The fraction of sp³-hybridized carbons (Fsp3) is 0.200. The number of Topliss-reactive ketones (excluding diaryl/α,β-unsaturated/α-hetero) is 1. The van der Waals surface area contributed by atoms with Crippen LogP contribution in [0.1, 0.15) is 10.4 Å². The highest BCUT2D eigenvalue weighted by Gasteiger charge is 2.49. The Morgan fingerprint density at radius 1 is 1.27 bits per heavy atom. The van der Waals surface area contributed by atoms with Gasteiger partial charge in [-0.1, -0.05) is 41.4 Å². The van der Waals surface area contributed by atoms with E-state index < -0.39 is 22.7 Å². The van der Waals surface area contributed by atoms with Crippen molar-refractivity contribution in [3.05, 3.63) is 57.6 Å². The maximum Gasteiger partial charge on any atom is 0.335 e. The van der Waals surface area contributed by atoms with Crippen molar-refractivity contribution in [1.29, 1.82) is 0 Å². The van der Waals surface area contributed by atoms with Crippen LogP contribution < -0.4 is 0 Å². The van der Waals surface area contributed by atoms with Crippen LogP contribution in [0.25, 0.3) is 0 Å². The molecule has 22 heavy (non-hydrogen) atoms. The highest BCUT2D eigenvalue weighted by atomic mass is 35.5. The van der Waals surface area contributed by atoms with E-state index in [9.17, 15) is 14.7 Å². The van der Waals surface area contributed by atoms with Gasteiger partial charge >= 0.3 is 5.97 Å². The summed E-state index contributed by atoms with van der Waals surface area (Å²) in [5, 5.41) is 9.47. The van der Waals surface area contributed by atoms with E-state index in [-0.39, 0.29) is 21.2 Å². The molecule has 2 unspecified atom stereocenters. The minimum Gasteiger partial charge on any atom is -0.478 e. The number of ether oxygens (including phenoxy) is 1. The predicted molar refractivity (Wildman–Crippen MR) is 84.8 cm³/mol. The summed E-state index contributed by atoms with van der Waals surface area (Å²) < 4.78 is 5.16. The minimum absolute atomic E-state index is 0.0393. The third-order valence-corrected chi connectivity index (χ3v) is 4.46. The quantitative estimate of drug-likeness (QED) is 0.656. The number of benzene rings is 1. The van der Waals surface area contributed by atoms with Gasteiger partial charge in [0.1, 0.15) is 6.10 Å². The third kappa shape index (κ3) is 2.79. The average molecular weight is 362 g/mol. The molecule has 1 aliphatic rings. The molecule has 1 N–H and O–H groups in total. The molecule has 7 heteroatoms. The Hall–Kier alpha value is -1.33. The van der Waals surface area contributed by atoms with Gasteiger partial charge in [0, 0.05) is 12.7 Å². The lowest BCUT2D eigenvalue weighted by Gasteiger charge is -2.34. The van der Waals surface area contributed by atoms with Crippen molar-refractivity contribution < 1.29 is 19.4 Å². The Kier molecular flexibility index (Phi) is 4.97. The molecular formula is C15H11Cl3O4. The van der Waals surface area contributed by atoms with Crippen molar-refractivity contribution in [3.63, 3.8) is 0 Å². The van der Waals surface area contributed by atoms with E-state index in [1.165, 1.54) is 25.3 Å². The second kappa shape index (κ2) is 6.42. The Labute approximate surface area is 141 Å². The number of methoxy groups -OCH3 is 1. The van der Waals surface area contributed by atoms with E-state index >= 15 is 0 Å². The van der Waals surface area contributed by atoms with E-state index in [0.29, 0.717) is 0 Å². The summed E-state index contributed by atoms with van der Waals surface area (Å²) >= 11 is 18.3. The molecule has 0 saturated heterocycles. The van der Waals surface area contributed by atoms with Gasteiger partial charge in [0.05, 0.1) is 15.6 Å². The maximum absolute atomic E-state index is 12.8. The Morgan fingerprint density at radius 2 is 1.91 bits per heavy atom. The Bertz CT molecular complexity index is 696. The summed E-state index contributed by atoms with van der Waals surface area (Å²) in [6, 6.07) is 6.36. The minimum atomic E-state index is -1.74. The molecule has 1 aliphatic carbocycles. The van der Waals surface area contributed by atoms with Crippen LogP contribution in [0.4, 0.5) is 0 Å². The molecule has 0 fully saturated rings. The topological polar surface area (TPSA) is 63.6 Å². The van der Waals surface area contributed by atoms with Gasteiger partial charge in [-0.3, -0.25) is 4.79 Å². The first-order valence-electron chi connectivity index (χ1n) is 6.16. The fourth-order valence-electron chi connectivity index (χ4n) is 2.26. The number of aliphatic carboxylic acids is 1. The number of alkyl halides is 1. The molecule has 0 saturated carbocycles. The largest absolute Gasteiger partial charge is 0.478 e. The summed E-state index contributed by atoms with van der Waals surface area (Å²) in [5.74, 6) is -1.87. The Balaban J connectivity index is 2.54. The number of allylic oxidation sites excluding steroid dienone is 2. The first-order chi connectivity index (χ1) is 10.3. The number of ketones is 1. The molecular weight excluding hydrogens is 351 g/mol. The lowest BCUT2D eigenvalue weighted by molar-refractivity contribution is -0.134. The van der Waals surface area contributed by atoms with Crippen LogP contribution >= 0.6 is 34.8 Å². The third-order valence-electron chi connectivity index (χ3n) is 3.31. The van der Waals surface area contributed by atoms with Gasteiger partial charge in [-0.2, -0.15) is 0 Å². The van der Waals surface area contributed by atoms with Crippen molar-refractivity contribution in [2.75, 3.05) is 7.11 Å². The number of carboxylic acid groups (broad SMARTS) is 1. The molecule has 1 aromatic carbocycles. The van der Waals surface area contributed by atoms with Gasteiger partial charge in [-0.25, -0.2) is 4.79 Å². The highest BCUT2D eigenvalue weighted by molar-refractivity contribution is 6.44. The van der Waals surface area contributed by atoms with E-state index in [1.54, 1.807) is 18.2 Å². The first-order valence-corrected chi connectivity index (χ1v) is 7.29. The fourth-order valence-corrected chi connectivity index (χ4v) is 3.08. The van der Waals surface area contributed by atoms with Crippen LogP contribution in [-0.4, -0.2) is 34.9 Å². The van der Waals surface area contributed by atoms with E-state index in [4.69, 9.17) is 39.5 Å². The van der Waals surface area contributed by atoms with E-state index in [1.807, 2.05) is 0 Å². The van der Waals surface area contributed by atoms with Crippen molar-refractivity contribution >= 4 is 46.6 Å². The molecule has 0 radical (unpaired) electrons. The van der Waals surface area contributed by atoms with Crippen molar-refractivity contribution in [1.82, 2.24) is 0 Å². The van der Waals surface area contributed by atoms with Crippen LogP contribution in [0, 0.1) is 0 Å². The number of carboxylic acids is 1. The number of carbonyl (C=O) groups is 2. The lowest BCUT2D eigenvalue weighted by atomic mass is 9.84. The Morgan fingerprint density at radius 3 is 2.45 bits per heavy atom. The van der Waals surface area contributed by atoms with Gasteiger partial charge in [-0.05, 0) is 18.2 Å². The van der Waals surface area contributed by atoms with Crippen LogP contribution in [0.5, 0.6) is 0 Å². The maximum atomic E-state index is 12.8. The predicted octanol–water partition coefficient (Wildman–Crippen LogP) is 3.66. The molecule has 116 valence electrons. The van der Waals surface area contributed by atoms with Crippen LogP contribution in [0.3, 0.4) is 0 Å². The number of rotatable bonds is 4. The average Bonchev–Trinajstić information content (AvgIpc) is 2.48. The highest BCUT2D eigenvalue weighted by Crippen LogP contribution is 2.39. The molecule has 1 aromatic rings. The van der Waals surface area contributed by atoms with Crippen molar-refractivity contribution in [2.45, 2.75) is 11.0 Å². The number of hydrogen-bond acceptors (Lipinski definition) is 3. The molecule has 0 bridgehead atoms. The number of halogens is 3. The summed E-state index contributed by atoms with van der Waals surface area (Å²) in [7, 11) is 1.26. The number of hydrogen-bond donors (Lipinski definition) is 1. The molecule has 4 nitrogen and oxygen atoms in total. The second-order valence-corrected chi connectivity index (χ2v) is 6.03. The SMILES string of the molecule is COC1C(C(=O)O)=C(Cl)C=CC1(Cl)C(=O)c1ccccc1Cl. The monoisotopic (exact) mass is 360 g/mol. The summed E-state index contributed by atoms with van der Waals surface area (Å²) in [6.07, 6.45) is 1.36. The second-order valence-electron chi connectivity index (χ2n) is 4.59. The first kappa shape index (κ1) is 17.0. The molecule has 0 aromatic heterocycles. The van der Waals surface area contributed by atoms with Gasteiger partial charge in [0.2, 0.25) is 0 Å².